The van der Waals surface area contributed by atoms with Gasteiger partial charge in [-0.15, -0.1) is 16.4 Å². The summed E-state index contributed by atoms with van der Waals surface area (Å²) in [5.74, 6) is 0.879. The van der Waals surface area contributed by atoms with Gasteiger partial charge in [-0.1, -0.05) is 0 Å². The highest BCUT2D eigenvalue weighted by Gasteiger charge is 2.29. The number of carbonyl (C=O) groups excluding carboxylic acids is 1. The summed E-state index contributed by atoms with van der Waals surface area (Å²) in [5, 5.41) is 13.5. The van der Waals surface area contributed by atoms with Gasteiger partial charge in [0.15, 0.2) is 10.9 Å². The smallest absolute Gasteiger partial charge is 0.243 e. The number of amides is 1. The minimum Gasteiger partial charge on any atom is -0.351 e. The van der Waals surface area contributed by atoms with E-state index in [9.17, 15) is 4.79 Å². The quantitative estimate of drug-likeness (QED) is 0.861. The second-order valence-electron chi connectivity index (χ2n) is 6.01. The predicted molar refractivity (Wildman–Crippen MR) is 95.2 cm³/mol. The summed E-state index contributed by atoms with van der Waals surface area (Å²) in [6.45, 7) is 3.71. The van der Waals surface area contributed by atoms with E-state index in [0.29, 0.717) is 11.2 Å². The number of nitrogens with one attached hydrogen (secondary N) is 1. The number of hydrogen-bond acceptors (Lipinski definition) is 7. The Hall–Kier alpha value is -2.06. The second-order valence-corrected chi connectivity index (χ2v) is 6.91. The molecular weight excluding hydrogens is 324 g/mol. The summed E-state index contributed by atoms with van der Waals surface area (Å²) in [6, 6.07) is 4.02. The molecule has 1 saturated heterocycles. The minimum atomic E-state index is -0.224. The maximum absolute atomic E-state index is 12.4. The van der Waals surface area contributed by atoms with Crippen LogP contribution in [0.2, 0.25) is 0 Å². The predicted octanol–water partition coefficient (Wildman–Crippen LogP) is 1.86. The van der Waals surface area contributed by atoms with Crippen molar-refractivity contribution in [2.45, 2.75) is 31.8 Å². The molecule has 24 heavy (non-hydrogen) atoms. The minimum absolute atomic E-state index is 0.0310. The number of thiazole rings is 1. The van der Waals surface area contributed by atoms with E-state index in [1.54, 1.807) is 12.4 Å². The van der Waals surface area contributed by atoms with Crippen LogP contribution >= 0.6 is 11.3 Å². The average molecular weight is 346 g/mol. The van der Waals surface area contributed by atoms with Crippen molar-refractivity contribution in [1.82, 2.24) is 20.1 Å². The molecule has 0 unspecified atom stereocenters. The summed E-state index contributed by atoms with van der Waals surface area (Å²) >= 11 is 1.43. The third kappa shape index (κ3) is 3.88. The van der Waals surface area contributed by atoms with Gasteiger partial charge in [0.2, 0.25) is 5.91 Å². The number of nitrogens with zero attached hydrogens (tertiary/aromatic N) is 5. The molecule has 128 valence electrons. The van der Waals surface area contributed by atoms with E-state index in [-0.39, 0.29) is 11.9 Å². The molecule has 1 amide bonds. The van der Waals surface area contributed by atoms with Crippen LogP contribution in [-0.2, 0) is 4.79 Å². The molecule has 2 atom stereocenters. The van der Waals surface area contributed by atoms with Crippen molar-refractivity contribution in [1.29, 1.82) is 0 Å². The van der Waals surface area contributed by atoms with E-state index in [1.807, 2.05) is 31.5 Å². The highest BCUT2D eigenvalue weighted by atomic mass is 32.1. The summed E-state index contributed by atoms with van der Waals surface area (Å²) in [5.41, 5.74) is 0. The van der Waals surface area contributed by atoms with Crippen molar-refractivity contribution in [3.63, 3.8) is 0 Å². The van der Waals surface area contributed by atoms with Crippen LogP contribution in [0.3, 0.4) is 0 Å². The number of hydrogen-bond donors (Lipinski definition) is 1. The van der Waals surface area contributed by atoms with Gasteiger partial charge in [-0.05, 0) is 38.9 Å². The lowest BCUT2D eigenvalue weighted by molar-refractivity contribution is -0.120. The Bertz CT molecular complexity index is 650. The molecule has 3 heterocycles. The number of aromatic nitrogens is 3. The first-order chi connectivity index (χ1) is 11.6. The van der Waals surface area contributed by atoms with Gasteiger partial charge in [-0.25, -0.2) is 4.98 Å². The highest BCUT2D eigenvalue weighted by molar-refractivity contribution is 7.13. The highest BCUT2D eigenvalue weighted by Crippen LogP contribution is 2.24. The van der Waals surface area contributed by atoms with Gasteiger partial charge in [-0.2, -0.15) is 5.10 Å². The van der Waals surface area contributed by atoms with Gasteiger partial charge < -0.3 is 10.2 Å². The average Bonchev–Trinajstić information content (AvgIpc) is 3.26. The Morgan fingerprint density at radius 1 is 1.54 bits per heavy atom. The van der Waals surface area contributed by atoms with Crippen LogP contribution in [0.1, 0.15) is 19.8 Å². The van der Waals surface area contributed by atoms with E-state index in [4.69, 9.17) is 0 Å². The van der Waals surface area contributed by atoms with Crippen molar-refractivity contribution in [3.05, 3.63) is 29.9 Å². The van der Waals surface area contributed by atoms with Crippen molar-refractivity contribution < 1.29 is 4.79 Å². The zero-order valence-electron chi connectivity index (χ0n) is 13.9. The van der Waals surface area contributed by atoms with Gasteiger partial charge in [0.1, 0.15) is 0 Å². The molecule has 0 radical (unpaired) electrons. The molecule has 0 spiro atoms. The molecule has 0 bridgehead atoms. The zero-order valence-corrected chi connectivity index (χ0v) is 14.7. The van der Waals surface area contributed by atoms with E-state index >= 15 is 0 Å². The number of carbonyl (C=O) groups is 1. The molecule has 0 aliphatic carbocycles. The van der Waals surface area contributed by atoms with Crippen molar-refractivity contribution in [2.24, 2.45) is 0 Å². The fourth-order valence-electron chi connectivity index (χ4n) is 2.96. The molecule has 7 nitrogen and oxygen atoms in total. The molecule has 1 aliphatic heterocycles. The van der Waals surface area contributed by atoms with Gasteiger partial charge in [-0.3, -0.25) is 9.69 Å². The number of anilines is 2. The number of likely N-dealkylation sites (N-methyl/N-ethyl adjacent to an activating group) is 1. The first-order valence-electron chi connectivity index (χ1n) is 8.10. The Balaban J connectivity index is 1.59. The van der Waals surface area contributed by atoms with E-state index < -0.39 is 0 Å². The molecule has 0 aromatic carbocycles. The monoisotopic (exact) mass is 346 g/mol. The summed E-state index contributed by atoms with van der Waals surface area (Å²) in [7, 11) is 1.99. The standard InChI is InChI=1S/C16H22N6OS/c1-12(15(23)19-16-17-8-10-24-16)21(2)11-13-5-4-9-22(13)14-6-3-7-18-20-14/h3,6-8,10,12-13H,4-5,9,11H2,1-2H3,(H,17,19,23)/t12-,13-/m0/s1. The fourth-order valence-corrected chi connectivity index (χ4v) is 3.49. The van der Waals surface area contributed by atoms with Gasteiger partial charge in [0, 0.05) is 36.9 Å². The Morgan fingerprint density at radius 2 is 2.42 bits per heavy atom. The fraction of sp³-hybridized carbons (Fsp3) is 0.500. The molecule has 1 aliphatic rings. The van der Waals surface area contributed by atoms with Crippen molar-refractivity contribution >= 4 is 28.2 Å². The molecule has 1 N–H and O–H groups in total. The number of rotatable bonds is 6. The van der Waals surface area contributed by atoms with Gasteiger partial charge in [0.25, 0.3) is 0 Å². The van der Waals surface area contributed by atoms with Gasteiger partial charge >= 0.3 is 0 Å². The molecule has 2 aromatic rings. The van der Waals surface area contributed by atoms with Crippen LogP contribution < -0.4 is 10.2 Å². The Labute approximate surface area is 145 Å². The zero-order chi connectivity index (χ0) is 16.9. The van der Waals surface area contributed by atoms with Crippen molar-refractivity contribution in [3.8, 4) is 0 Å². The molecule has 1 fully saturated rings. The topological polar surface area (TPSA) is 74.2 Å². The van der Waals surface area contributed by atoms with Crippen LogP contribution in [0.25, 0.3) is 0 Å². The van der Waals surface area contributed by atoms with Crippen LogP contribution in [0.15, 0.2) is 29.9 Å². The third-order valence-corrected chi connectivity index (χ3v) is 5.12. The first-order valence-corrected chi connectivity index (χ1v) is 8.98. The summed E-state index contributed by atoms with van der Waals surface area (Å²) in [4.78, 5) is 20.8. The van der Waals surface area contributed by atoms with Crippen molar-refractivity contribution in [2.75, 3.05) is 30.4 Å². The Kier molecular flexibility index (Phi) is 5.37. The van der Waals surface area contributed by atoms with Crippen LogP contribution in [0.4, 0.5) is 10.9 Å². The van der Waals surface area contributed by atoms with E-state index in [0.717, 1.165) is 31.7 Å². The van der Waals surface area contributed by atoms with Crippen LogP contribution in [-0.4, -0.2) is 58.2 Å². The largest absolute Gasteiger partial charge is 0.351 e. The summed E-state index contributed by atoms with van der Waals surface area (Å²) in [6.07, 6.45) is 5.61. The maximum Gasteiger partial charge on any atom is 0.243 e. The summed E-state index contributed by atoms with van der Waals surface area (Å²) < 4.78 is 0. The SMILES string of the molecule is C[C@@H](C(=O)Nc1nccs1)N(C)C[C@@H]1CCCN1c1cccnn1. The van der Waals surface area contributed by atoms with E-state index in [2.05, 4.69) is 30.3 Å². The lowest BCUT2D eigenvalue weighted by Crippen LogP contribution is -2.46. The molecule has 2 aromatic heterocycles. The van der Waals surface area contributed by atoms with Crippen LogP contribution in [0.5, 0.6) is 0 Å². The van der Waals surface area contributed by atoms with E-state index in [1.165, 1.54) is 11.3 Å². The first kappa shape index (κ1) is 16.8. The molecular formula is C16H22N6OS. The third-order valence-electron chi connectivity index (χ3n) is 4.43. The van der Waals surface area contributed by atoms with Crippen LogP contribution in [0, 0.1) is 0 Å². The molecule has 0 saturated carbocycles. The second kappa shape index (κ2) is 7.67. The lowest BCUT2D eigenvalue weighted by atomic mass is 10.1. The lowest BCUT2D eigenvalue weighted by Gasteiger charge is -2.31. The maximum atomic E-state index is 12.4. The Morgan fingerprint density at radius 3 is 3.12 bits per heavy atom. The molecule has 3 rings (SSSR count). The van der Waals surface area contributed by atoms with Gasteiger partial charge in [0.05, 0.1) is 6.04 Å². The normalized spacial score (nSPS) is 18.8. The molecule has 8 heteroatoms.